The topological polar surface area (TPSA) is 104 Å². The fourth-order valence-electron chi connectivity index (χ4n) is 3.38. The average molecular weight is 370 g/mol. The lowest BCUT2D eigenvalue weighted by Gasteiger charge is -2.27. The fraction of sp³-hybridized carbons (Fsp3) is 0.421. The van der Waals surface area contributed by atoms with Crippen molar-refractivity contribution in [3.63, 3.8) is 0 Å². The molecular weight excluding hydrogens is 348 g/mol. The molecule has 142 valence electrons. The number of hydrogen-bond donors (Lipinski definition) is 2. The summed E-state index contributed by atoms with van der Waals surface area (Å²) in [5, 5.41) is 9.89. The minimum absolute atomic E-state index is 0.0640. The van der Waals surface area contributed by atoms with Gasteiger partial charge < -0.3 is 19.2 Å². The van der Waals surface area contributed by atoms with Crippen LogP contribution in [0.3, 0.4) is 0 Å². The molecule has 0 saturated carbocycles. The first-order valence-corrected chi connectivity index (χ1v) is 8.93. The van der Waals surface area contributed by atoms with E-state index in [1.54, 1.807) is 23.2 Å². The molecule has 1 unspecified atom stereocenters. The Morgan fingerprint density at radius 2 is 2.19 bits per heavy atom. The summed E-state index contributed by atoms with van der Waals surface area (Å²) in [4.78, 5) is 26.0. The number of oxazole rings is 1. The molecule has 0 aliphatic carbocycles. The number of carbonyl (C=O) groups is 1. The van der Waals surface area contributed by atoms with Crippen LogP contribution < -0.4 is 0 Å². The van der Waals surface area contributed by atoms with Crippen LogP contribution in [0.1, 0.15) is 45.5 Å². The summed E-state index contributed by atoms with van der Waals surface area (Å²) in [6.45, 7) is 6.21. The number of aromatic hydroxyl groups is 1. The number of ether oxygens (including phenoxy) is 1. The van der Waals surface area contributed by atoms with E-state index in [0.29, 0.717) is 23.5 Å². The van der Waals surface area contributed by atoms with Crippen LogP contribution in [0.25, 0.3) is 22.4 Å². The van der Waals surface area contributed by atoms with Gasteiger partial charge in [0.05, 0.1) is 17.9 Å². The van der Waals surface area contributed by atoms with Gasteiger partial charge in [-0.3, -0.25) is 4.90 Å². The van der Waals surface area contributed by atoms with Crippen molar-refractivity contribution in [1.82, 2.24) is 19.9 Å². The summed E-state index contributed by atoms with van der Waals surface area (Å²) in [6.07, 6.45) is 4.39. The molecule has 3 heterocycles. The summed E-state index contributed by atoms with van der Waals surface area (Å²) in [7, 11) is 0. The average Bonchev–Trinajstić information content (AvgIpc) is 3.33. The minimum atomic E-state index is -0.539. The maximum Gasteiger partial charge on any atom is 0.410 e. The van der Waals surface area contributed by atoms with Crippen molar-refractivity contribution in [2.24, 2.45) is 0 Å². The number of aromatic amines is 1. The molecule has 8 heteroatoms. The standard InChI is InChI=1S/C19H22N4O4/c1-19(2,3)27-18(25)23-8-4-5-13(23)17-20-9-12(22-17)11-6-7-14(24)15-16(11)26-10-21-15/h6-7,9-10,13,24H,4-5,8H2,1-3H3,(H,20,22). The number of likely N-dealkylation sites (tertiary alicyclic amines) is 1. The lowest BCUT2D eigenvalue weighted by atomic mass is 10.1. The summed E-state index contributed by atoms with van der Waals surface area (Å²) in [5.74, 6) is 0.767. The van der Waals surface area contributed by atoms with Gasteiger partial charge in [-0.15, -0.1) is 0 Å². The molecule has 0 radical (unpaired) electrons. The molecule has 1 aliphatic heterocycles. The highest BCUT2D eigenvalue weighted by atomic mass is 16.6. The zero-order chi connectivity index (χ0) is 19.2. The third-order valence-corrected chi connectivity index (χ3v) is 4.54. The molecule has 27 heavy (non-hydrogen) atoms. The van der Waals surface area contributed by atoms with Crippen LogP contribution in [-0.2, 0) is 4.74 Å². The Bertz CT molecular complexity index is 985. The van der Waals surface area contributed by atoms with Crippen LogP contribution in [0.5, 0.6) is 5.75 Å². The van der Waals surface area contributed by atoms with E-state index in [9.17, 15) is 9.90 Å². The van der Waals surface area contributed by atoms with Gasteiger partial charge in [0.1, 0.15) is 17.2 Å². The summed E-state index contributed by atoms with van der Waals surface area (Å²) in [5.41, 5.74) is 1.84. The number of aromatic nitrogens is 3. The van der Waals surface area contributed by atoms with Crippen molar-refractivity contribution in [3.05, 3.63) is 30.5 Å². The van der Waals surface area contributed by atoms with Gasteiger partial charge >= 0.3 is 6.09 Å². The number of rotatable bonds is 2. The molecule has 3 aromatic rings. The Balaban J connectivity index is 1.63. The second kappa shape index (κ2) is 6.29. The molecule has 1 atom stereocenters. The first-order valence-electron chi connectivity index (χ1n) is 8.93. The molecule has 1 aliphatic rings. The van der Waals surface area contributed by atoms with Crippen molar-refractivity contribution in [3.8, 4) is 17.0 Å². The molecule has 2 aromatic heterocycles. The fourth-order valence-corrected chi connectivity index (χ4v) is 3.38. The largest absolute Gasteiger partial charge is 0.506 e. The number of amides is 1. The highest BCUT2D eigenvalue weighted by Crippen LogP contribution is 2.35. The van der Waals surface area contributed by atoms with Crippen molar-refractivity contribution < 1.29 is 19.1 Å². The van der Waals surface area contributed by atoms with Gasteiger partial charge in [0.2, 0.25) is 0 Å². The first-order chi connectivity index (χ1) is 12.8. The number of nitrogens with one attached hydrogen (secondary N) is 1. The lowest BCUT2D eigenvalue weighted by Crippen LogP contribution is -2.36. The lowest BCUT2D eigenvalue weighted by molar-refractivity contribution is 0.0218. The van der Waals surface area contributed by atoms with Crippen molar-refractivity contribution in [2.45, 2.75) is 45.3 Å². The zero-order valence-electron chi connectivity index (χ0n) is 15.5. The Morgan fingerprint density at radius 3 is 2.96 bits per heavy atom. The van der Waals surface area contributed by atoms with Crippen molar-refractivity contribution in [2.75, 3.05) is 6.54 Å². The number of hydrogen-bond acceptors (Lipinski definition) is 6. The van der Waals surface area contributed by atoms with E-state index in [1.165, 1.54) is 6.39 Å². The molecule has 1 amide bonds. The van der Waals surface area contributed by atoms with E-state index in [-0.39, 0.29) is 17.9 Å². The van der Waals surface area contributed by atoms with Crippen LogP contribution in [0.4, 0.5) is 4.79 Å². The molecule has 0 bridgehead atoms. The van der Waals surface area contributed by atoms with Crippen LogP contribution in [0, 0.1) is 0 Å². The number of carbonyl (C=O) groups excluding carboxylic acids is 1. The second-order valence-electron chi connectivity index (χ2n) is 7.68. The first kappa shape index (κ1) is 17.4. The summed E-state index contributed by atoms with van der Waals surface area (Å²) in [6, 6.07) is 3.17. The molecule has 8 nitrogen and oxygen atoms in total. The van der Waals surface area contributed by atoms with Gasteiger partial charge in [-0.2, -0.15) is 0 Å². The van der Waals surface area contributed by atoms with Gasteiger partial charge in [-0.1, -0.05) is 0 Å². The minimum Gasteiger partial charge on any atom is -0.506 e. The van der Waals surface area contributed by atoms with Crippen LogP contribution in [-0.4, -0.2) is 43.2 Å². The van der Waals surface area contributed by atoms with Crippen LogP contribution >= 0.6 is 0 Å². The zero-order valence-corrected chi connectivity index (χ0v) is 15.5. The quantitative estimate of drug-likeness (QED) is 0.706. The number of phenols is 1. The van der Waals surface area contributed by atoms with E-state index in [2.05, 4.69) is 15.0 Å². The van der Waals surface area contributed by atoms with E-state index in [0.717, 1.165) is 24.1 Å². The van der Waals surface area contributed by atoms with E-state index in [4.69, 9.17) is 9.15 Å². The molecule has 4 rings (SSSR count). The number of imidazole rings is 1. The molecule has 2 N–H and O–H groups in total. The number of benzene rings is 1. The normalized spacial score (nSPS) is 17.6. The molecular formula is C19H22N4O4. The van der Waals surface area contributed by atoms with Crippen molar-refractivity contribution in [1.29, 1.82) is 0 Å². The second-order valence-corrected chi connectivity index (χ2v) is 7.68. The Morgan fingerprint density at radius 1 is 1.37 bits per heavy atom. The van der Waals surface area contributed by atoms with Gasteiger partial charge in [0.15, 0.2) is 17.5 Å². The number of fused-ring (bicyclic) bond motifs is 1. The number of nitrogens with zero attached hydrogens (tertiary/aromatic N) is 3. The van der Waals surface area contributed by atoms with Gasteiger partial charge in [-0.05, 0) is 45.7 Å². The van der Waals surface area contributed by atoms with Gasteiger partial charge in [0, 0.05) is 12.1 Å². The highest BCUT2D eigenvalue weighted by Gasteiger charge is 2.35. The summed E-state index contributed by atoms with van der Waals surface area (Å²) < 4.78 is 10.9. The van der Waals surface area contributed by atoms with E-state index >= 15 is 0 Å². The van der Waals surface area contributed by atoms with E-state index in [1.807, 2.05) is 20.8 Å². The Kier molecular flexibility index (Phi) is 4.05. The van der Waals surface area contributed by atoms with Crippen LogP contribution in [0.2, 0.25) is 0 Å². The predicted octanol–water partition coefficient (Wildman–Crippen LogP) is 4.00. The molecule has 1 aromatic carbocycles. The molecule has 1 saturated heterocycles. The van der Waals surface area contributed by atoms with Crippen molar-refractivity contribution >= 4 is 17.2 Å². The SMILES string of the molecule is CC(C)(C)OC(=O)N1CCCC1c1ncc(-c2ccc(O)c3ncoc23)[nH]1. The third-order valence-electron chi connectivity index (χ3n) is 4.54. The predicted molar refractivity (Wildman–Crippen MR) is 98.2 cm³/mol. The van der Waals surface area contributed by atoms with E-state index < -0.39 is 5.60 Å². The Labute approximate surface area is 156 Å². The van der Waals surface area contributed by atoms with Crippen LogP contribution in [0.15, 0.2) is 29.1 Å². The monoisotopic (exact) mass is 370 g/mol. The van der Waals surface area contributed by atoms with Gasteiger partial charge in [-0.25, -0.2) is 14.8 Å². The third kappa shape index (κ3) is 3.22. The summed E-state index contributed by atoms with van der Waals surface area (Å²) >= 11 is 0. The molecule has 0 spiro atoms. The number of H-pyrrole nitrogens is 1. The number of phenolic OH excluding ortho intramolecular Hbond substituents is 1. The maximum atomic E-state index is 12.5. The highest BCUT2D eigenvalue weighted by molar-refractivity contribution is 5.92. The van der Waals surface area contributed by atoms with Gasteiger partial charge in [0.25, 0.3) is 0 Å². The molecule has 1 fully saturated rings. The Hall–Kier alpha value is -3.03. The maximum absolute atomic E-state index is 12.5. The smallest absolute Gasteiger partial charge is 0.410 e.